The number of nitrogens with zero attached hydrogens (tertiary/aromatic N) is 1. The van der Waals surface area contributed by atoms with Crippen LogP contribution >= 0.6 is 11.6 Å². The van der Waals surface area contributed by atoms with E-state index in [0.29, 0.717) is 11.6 Å². The van der Waals surface area contributed by atoms with E-state index in [1.165, 1.54) is 12.1 Å². The van der Waals surface area contributed by atoms with Gasteiger partial charge in [0, 0.05) is 29.7 Å². The van der Waals surface area contributed by atoms with Crippen molar-refractivity contribution < 1.29 is 10.0 Å². The van der Waals surface area contributed by atoms with Gasteiger partial charge >= 0.3 is 0 Å². The lowest BCUT2D eigenvalue weighted by molar-refractivity contribution is -0.384. The Balaban J connectivity index is 1.97. The highest BCUT2D eigenvalue weighted by molar-refractivity contribution is 6.30. The maximum Gasteiger partial charge on any atom is 0.269 e. The molecule has 0 aliphatic heterocycles. The number of hydrogen-bond acceptors (Lipinski definition) is 4. The molecule has 0 bridgehead atoms. The first-order chi connectivity index (χ1) is 10.5. The van der Waals surface area contributed by atoms with Gasteiger partial charge in [-0.2, -0.15) is 0 Å². The summed E-state index contributed by atoms with van der Waals surface area (Å²) in [6.07, 6.45) is -0.684. The predicted octanol–water partition coefficient (Wildman–Crippen LogP) is 3.46. The molecule has 6 heteroatoms. The summed E-state index contributed by atoms with van der Waals surface area (Å²) < 4.78 is 0. The van der Waals surface area contributed by atoms with E-state index >= 15 is 0 Å². The minimum atomic E-state index is -0.684. The van der Waals surface area contributed by atoms with Gasteiger partial charge in [-0.05, 0) is 30.2 Å². The van der Waals surface area contributed by atoms with Crippen molar-refractivity contribution in [1.82, 2.24) is 5.32 Å². The molecule has 0 radical (unpaired) electrons. The first kappa shape index (κ1) is 16.4. The van der Waals surface area contributed by atoms with Crippen LogP contribution in [0.25, 0.3) is 0 Å². The topological polar surface area (TPSA) is 75.4 Å². The number of halogens is 1. The van der Waals surface area contributed by atoms with Crippen molar-refractivity contribution >= 4 is 17.3 Å². The van der Waals surface area contributed by atoms with Gasteiger partial charge in [-0.15, -0.1) is 0 Å². The molecule has 0 spiro atoms. The van der Waals surface area contributed by atoms with Crippen molar-refractivity contribution in [3.8, 4) is 0 Å². The van der Waals surface area contributed by atoms with E-state index < -0.39 is 11.0 Å². The van der Waals surface area contributed by atoms with Crippen LogP contribution in [0.3, 0.4) is 0 Å². The van der Waals surface area contributed by atoms with Gasteiger partial charge in [-0.25, -0.2) is 0 Å². The summed E-state index contributed by atoms with van der Waals surface area (Å²) >= 11 is 5.83. The Kier molecular flexibility index (Phi) is 5.49. The van der Waals surface area contributed by atoms with Crippen LogP contribution in [0.5, 0.6) is 0 Å². The fourth-order valence-corrected chi connectivity index (χ4v) is 2.25. The Morgan fingerprint density at radius 2 is 1.95 bits per heavy atom. The molecule has 2 aromatic carbocycles. The van der Waals surface area contributed by atoms with E-state index in [1.807, 2.05) is 6.92 Å². The molecule has 0 heterocycles. The van der Waals surface area contributed by atoms with Crippen LogP contribution in [-0.2, 0) is 6.54 Å². The maximum atomic E-state index is 10.7. The third-order valence-corrected chi connectivity index (χ3v) is 3.69. The fourth-order valence-electron chi connectivity index (χ4n) is 2.12. The molecule has 2 rings (SSSR count). The van der Waals surface area contributed by atoms with Crippen molar-refractivity contribution in [3.05, 3.63) is 74.8 Å². The second-order valence-corrected chi connectivity index (χ2v) is 5.53. The van der Waals surface area contributed by atoms with E-state index in [0.717, 1.165) is 11.1 Å². The zero-order valence-electron chi connectivity index (χ0n) is 12.1. The first-order valence-corrected chi connectivity index (χ1v) is 7.25. The van der Waals surface area contributed by atoms with Gasteiger partial charge in [0.1, 0.15) is 0 Å². The summed E-state index contributed by atoms with van der Waals surface area (Å²) in [4.78, 5) is 10.3. The number of rotatable bonds is 6. The second-order valence-electron chi connectivity index (χ2n) is 5.09. The van der Waals surface area contributed by atoms with Crippen molar-refractivity contribution in [2.75, 3.05) is 0 Å². The average Bonchev–Trinajstić information content (AvgIpc) is 2.53. The van der Waals surface area contributed by atoms with Crippen molar-refractivity contribution in [2.45, 2.75) is 25.6 Å². The minimum absolute atomic E-state index is 0.0604. The van der Waals surface area contributed by atoms with Gasteiger partial charge in [-0.1, -0.05) is 35.9 Å². The Labute approximate surface area is 133 Å². The molecule has 22 heavy (non-hydrogen) atoms. The summed E-state index contributed by atoms with van der Waals surface area (Å²) in [6, 6.07) is 13.2. The van der Waals surface area contributed by atoms with Crippen LogP contribution in [0.4, 0.5) is 5.69 Å². The highest BCUT2D eigenvalue weighted by atomic mass is 35.5. The van der Waals surface area contributed by atoms with Crippen LogP contribution in [0.2, 0.25) is 5.02 Å². The Morgan fingerprint density at radius 1 is 1.27 bits per heavy atom. The second kappa shape index (κ2) is 7.35. The maximum absolute atomic E-state index is 10.7. The fraction of sp³-hybridized carbons (Fsp3) is 0.250. The number of benzene rings is 2. The molecule has 0 aromatic heterocycles. The van der Waals surface area contributed by atoms with Gasteiger partial charge in [0.15, 0.2) is 0 Å². The highest BCUT2D eigenvalue weighted by Gasteiger charge is 2.16. The number of hydrogen-bond donors (Lipinski definition) is 2. The Morgan fingerprint density at radius 3 is 2.59 bits per heavy atom. The lowest BCUT2D eigenvalue weighted by Gasteiger charge is -2.20. The lowest BCUT2D eigenvalue weighted by atomic mass is 10.0. The normalized spacial score (nSPS) is 13.6. The summed E-state index contributed by atoms with van der Waals surface area (Å²) in [5.41, 5.74) is 1.62. The summed E-state index contributed by atoms with van der Waals surface area (Å²) in [5.74, 6) is 0. The van der Waals surface area contributed by atoms with Crippen LogP contribution in [-0.4, -0.2) is 16.1 Å². The smallest absolute Gasteiger partial charge is 0.269 e. The molecule has 2 atom stereocenters. The minimum Gasteiger partial charge on any atom is -0.387 e. The molecule has 2 aromatic rings. The molecule has 2 N–H and O–H groups in total. The first-order valence-electron chi connectivity index (χ1n) is 6.87. The summed E-state index contributed by atoms with van der Waals surface area (Å²) in [5, 5.41) is 24.8. The van der Waals surface area contributed by atoms with Crippen molar-refractivity contribution in [3.63, 3.8) is 0 Å². The van der Waals surface area contributed by atoms with Crippen molar-refractivity contribution in [2.24, 2.45) is 0 Å². The van der Waals surface area contributed by atoms with E-state index in [1.54, 1.807) is 36.4 Å². The lowest BCUT2D eigenvalue weighted by Crippen LogP contribution is -2.31. The molecular formula is C16H17ClN2O3. The Hall–Kier alpha value is -1.95. The van der Waals surface area contributed by atoms with Gasteiger partial charge < -0.3 is 10.4 Å². The van der Waals surface area contributed by atoms with E-state index in [4.69, 9.17) is 11.6 Å². The molecule has 2 unspecified atom stereocenters. The third-order valence-electron chi connectivity index (χ3n) is 3.43. The number of aliphatic hydroxyl groups is 1. The molecule has 0 aliphatic rings. The van der Waals surface area contributed by atoms with E-state index in [-0.39, 0.29) is 11.7 Å². The zero-order chi connectivity index (χ0) is 16.1. The quantitative estimate of drug-likeness (QED) is 0.631. The SMILES string of the molecule is CC(NCc1cccc([N+](=O)[O-])c1)C(O)c1ccc(Cl)cc1. The zero-order valence-corrected chi connectivity index (χ0v) is 12.8. The molecule has 0 amide bonds. The summed E-state index contributed by atoms with van der Waals surface area (Å²) in [7, 11) is 0. The number of aliphatic hydroxyl groups excluding tert-OH is 1. The molecule has 0 saturated heterocycles. The van der Waals surface area contributed by atoms with Gasteiger partial charge in [0.25, 0.3) is 5.69 Å². The molecule has 0 fully saturated rings. The molecular weight excluding hydrogens is 304 g/mol. The molecule has 0 saturated carbocycles. The monoisotopic (exact) mass is 320 g/mol. The molecule has 0 aliphatic carbocycles. The standard InChI is InChI=1S/C16H17ClN2O3/c1-11(16(20)13-5-7-14(17)8-6-13)18-10-12-3-2-4-15(9-12)19(21)22/h2-9,11,16,18,20H,10H2,1H3. The van der Waals surface area contributed by atoms with E-state index in [9.17, 15) is 15.2 Å². The number of nitrogens with one attached hydrogen (secondary N) is 1. The molecule has 116 valence electrons. The highest BCUT2D eigenvalue weighted by Crippen LogP contribution is 2.20. The average molecular weight is 321 g/mol. The van der Waals surface area contributed by atoms with E-state index in [2.05, 4.69) is 5.32 Å². The van der Waals surface area contributed by atoms with Gasteiger partial charge in [0.05, 0.1) is 11.0 Å². The van der Waals surface area contributed by atoms with Gasteiger partial charge in [0.2, 0.25) is 0 Å². The Bertz CT molecular complexity index is 646. The van der Waals surface area contributed by atoms with Crippen LogP contribution in [0.1, 0.15) is 24.2 Å². The largest absolute Gasteiger partial charge is 0.387 e. The number of nitro benzene ring substituents is 1. The predicted molar refractivity (Wildman–Crippen MR) is 85.8 cm³/mol. The van der Waals surface area contributed by atoms with Crippen LogP contribution < -0.4 is 5.32 Å². The van der Waals surface area contributed by atoms with Gasteiger partial charge in [-0.3, -0.25) is 10.1 Å². The molecule has 5 nitrogen and oxygen atoms in total. The summed E-state index contributed by atoms with van der Waals surface area (Å²) in [6.45, 7) is 2.30. The van der Waals surface area contributed by atoms with Crippen molar-refractivity contribution in [1.29, 1.82) is 0 Å². The number of non-ortho nitro benzene ring substituents is 1. The number of nitro groups is 1. The van der Waals surface area contributed by atoms with Crippen LogP contribution in [0.15, 0.2) is 48.5 Å². The third kappa shape index (κ3) is 4.27. The van der Waals surface area contributed by atoms with Crippen LogP contribution in [0, 0.1) is 10.1 Å².